The van der Waals surface area contributed by atoms with E-state index in [1.54, 1.807) is 0 Å². The van der Waals surface area contributed by atoms with Crippen LogP contribution >= 0.6 is 0 Å². The van der Waals surface area contributed by atoms with Crippen LogP contribution in [0.2, 0.25) is 0 Å². The molecule has 1 N–H and O–H groups in total. The second kappa shape index (κ2) is 7.57. The number of morpholine rings is 1. The fraction of sp³-hybridized carbons (Fsp3) is 0.625. The Kier molecular flexibility index (Phi) is 5.89. The summed E-state index contributed by atoms with van der Waals surface area (Å²) < 4.78 is 43.9. The van der Waals surface area contributed by atoms with Crippen molar-refractivity contribution in [3.05, 3.63) is 34.2 Å². The van der Waals surface area contributed by atoms with Crippen molar-refractivity contribution < 1.29 is 22.7 Å². The van der Waals surface area contributed by atoms with E-state index < -0.39 is 23.2 Å². The molecule has 1 aliphatic heterocycles. The molecular formula is C16H22F3N3O3. The van der Waals surface area contributed by atoms with Crippen LogP contribution in [0.15, 0.2) is 23.1 Å². The summed E-state index contributed by atoms with van der Waals surface area (Å²) in [5.74, 6) is -0.428. The number of nitrogens with zero attached hydrogens (tertiary/aromatic N) is 2. The number of hydrogen-bond donors (Lipinski definition) is 1. The predicted octanol–water partition coefficient (Wildman–Crippen LogP) is 1.09. The average Bonchev–Trinajstić information content (AvgIpc) is 2.55. The van der Waals surface area contributed by atoms with Gasteiger partial charge in [-0.15, -0.1) is 0 Å². The molecule has 1 aromatic rings. The number of carbonyl (C=O) groups is 1. The number of rotatable bonds is 5. The Labute approximate surface area is 143 Å². The second-order valence-corrected chi connectivity index (χ2v) is 6.57. The Bertz CT molecular complexity index is 665. The molecule has 0 aliphatic carbocycles. The fourth-order valence-corrected chi connectivity index (χ4v) is 2.62. The van der Waals surface area contributed by atoms with Gasteiger partial charge in [-0.1, -0.05) is 0 Å². The molecule has 1 saturated heterocycles. The second-order valence-electron chi connectivity index (χ2n) is 6.57. The highest BCUT2D eigenvalue weighted by atomic mass is 19.4. The van der Waals surface area contributed by atoms with Crippen LogP contribution in [0.25, 0.3) is 0 Å². The van der Waals surface area contributed by atoms with Crippen molar-refractivity contribution in [1.82, 2.24) is 14.8 Å². The Morgan fingerprint density at radius 1 is 1.28 bits per heavy atom. The van der Waals surface area contributed by atoms with Crippen LogP contribution in [-0.2, 0) is 22.3 Å². The first-order chi connectivity index (χ1) is 11.6. The summed E-state index contributed by atoms with van der Waals surface area (Å²) >= 11 is 0. The van der Waals surface area contributed by atoms with E-state index in [1.807, 2.05) is 13.8 Å². The molecule has 1 aliphatic rings. The lowest BCUT2D eigenvalue weighted by Gasteiger charge is -2.40. The van der Waals surface area contributed by atoms with Gasteiger partial charge in [-0.25, -0.2) is 0 Å². The molecule has 0 spiro atoms. The molecule has 0 saturated carbocycles. The lowest BCUT2D eigenvalue weighted by atomic mass is 10.0. The summed E-state index contributed by atoms with van der Waals surface area (Å²) in [6.07, 6.45) is -3.60. The summed E-state index contributed by atoms with van der Waals surface area (Å²) in [6, 6.07) is 1.28. The SMILES string of the molecule is CC(C)(CNC(=O)Cn1ccc(C(F)(F)F)cc1=O)N1CCOCC1. The number of nitrogens with one attached hydrogen (secondary N) is 1. The molecule has 1 amide bonds. The van der Waals surface area contributed by atoms with Crippen LogP contribution in [0.3, 0.4) is 0 Å². The molecule has 0 aromatic carbocycles. The monoisotopic (exact) mass is 361 g/mol. The first kappa shape index (κ1) is 19.5. The molecule has 140 valence electrons. The molecule has 2 rings (SSSR count). The third kappa shape index (κ3) is 5.30. The highest BCUT2D eigenvalue weighted by Crippen LogP contribution is 2.27. The van der Waals surface area contributed by atoms with Crippen LogP contribution in [0, 0.1) is 0 Å². The van der Waals surface area contributed by atoms with E-state index >= 15 is 0 Å². The lowest BCUT2D eigenvalue weighted by molar-refractivity contribution is -0.137. The van der Waals surface area contributed by atoms with Crippen molar-refractivity contribution in [1.29, 1.82) is 0 Å². The van der Waals surface area contributed by atoms with Gasteiger partial charge in [-0.2, -0.15) is 13.2 Å². The van der Waals surface area contributed by atoms with Gasteiger partial charge in [0.15, 0.2) is 0 Å². The van der Waals surface area contributed by atoms with Gasteiger partial charge in [0, 0.05) is 37.4 Å². The number of alkyl halides is 3. The lowest BCUT2D eigenvalue weighted by Crippen LogP contribution is -2.55. The van der Waals surface area contributed by atoms with E-state index in [1.165, 1.54) is 0 Å². The summed E-state index contributed by atoms with van der Waals surface area (Å²) in [4.78, 5) is 26.0. The van der Waals surface area contributed by atoms with Gasteiger partial charge in [-0.3, -0.25) is 14.5 Å². The summed E-state index contributed by atoms with van der Waals surface area (Å²) in [6.45, 7) is 6.82. The third-order valence-corrected chi connectivity index (χ3v) is 4.22. The third-order valence-electron chi connectivity index (χ3n) is 4.22. The minimum Gasteiger partial charge on any atom is -0.379 e. The molecule has 0 atom stereocenters. The van der Waals surface area contributed by atoms with Crippen LogP contribution < -0.4 is 10.9 Å². The maximum Gasteiger partial charge on any atom is 0.416 e. The fourth-order valence-electron chi connectivity index (χ4n) is 2.62. The van der Waals surface area contributed by atoms with Gasteiger partial charge in [-0.05, 0) is 19.9 Å². The standard InChI is InChI=1S/C16H22F3N3O3/c1-15(2,22-5-7-25-8-6-22)11-20-13(23)10-21-4-3-12(9-14(21)24)16(17,18)19/h3-4,9H,5-8,10-11H2,1-2H3,(H,20,23). The Balaban J connectivity index is 1.93. The van der Waals surface area contributed by atoms with Gasteiger partial charge in [0.2, 0.25) is 5.91 Å². The van der Waals surface area contributed by atoms with Gasteiger partial charge in [0.1, 0.15) is 6.54 Å². The number of amides is 1. The minimum absolute atomic E-state index is 0.287. The van der Waals surface area contributed by atoms with Crippen molar-refractivity contribution in [2.24, 2.45) is 0 Å². The number of carbonyl (C=O) groups excluding carboxylic acids is 1. The Morgan fingerprint density at radius 3 is 2.48 bits per heavy atom. The first-order valence-corrected chi connectivity index (χ1v) is 7.97. The molecule has 0 radical (unpaired) electrons. The number of halogens is 3. The maximum atomic E-state index is 12.5. The van der Waals surface area contributed by atoms with Gasteiger partial charge < -0.3 is 14.6 Å². The molecule has 25 heavy (non-hydrogen) atoms. The van der Waals surface area contributed by atoms with Crippen molar-refractivity contribution in [2.75, 3.05) is 32.8 Å². The average molecular weight is 361 g/mol. The van der Waals surface area contributed by atoms with E-state index in [0.29, 0.717) is 25.8 Å². The van der Waals surface area contributed by atoms with Crippen LogP contribution in [0.1, 0.15) is 19.4 Å². The van der Waals surface area contributed by atoms with Gasteiger partial charge in [0.25, 0.3) is 5.56 Å². The Hall–Kier alpha value is -1.87. The summed E-state index contributed by atoms with van der Waals surface area (Å²) in [5, 5.41) is 2.74. The molecule has 1 fully saturated rings. The number of aromatic nitrogens is 1. The molecule has 9 heteroatoms. The highest BCUT2D eigenvalue weighted by molar-refractivity contribution is 5.75. The summed E-state index contributed by atoms with van der Waals surface area (Å²) in [5.41, 5.74) is -2.18. The van der Waals surface area contributed by atoms with Gasteiger partial charge >= 0.3 is 6.18 Å². The van der Waals surface area contributed by atoms with E-state index in [9.17, 15) is 22.8 Å². The topological polar surface area (TPSA) is 63.6 Å². The zero-order chi connectivity index (χ0) is 18.7. The van der Waals surface area contributed by atoms with E-state index in [4.69, 9.17) is 4.74 Å². The van der Waals surface area contributed by atoms with Crippen LogP contribution in [0.4, 0.5) is 13.2 Å². The molecule has 0 unspecified atom stereocenters. The van der Waals surface area contributed by atoms with Crippen molar-refractivity contribution in [3.63, 3.8) is 0 Å². The Morgan fingerprint density at radius 2 is 1.92 bits per heavy atom. The zero-order valence-corrected chi connectivity index (χ0v) is 14.2. The first-order valence-electron chi connectivity index (χ1n) is 7.97. The molecule has 6 nitrogen and oxygen atoms in total. The van der Waals surface area contributed by atoms with Crippen LogP contribution in [0.5, 0.6) is 0 Å². The summed E-state index contributed by atoms with van der Waals surface area (Å²) in [7, 11) is 0. The van der Waals surface area contributed by atoms with Crippen molar-refractivity contribution in [3.8, 4) is 0 Å². The quantitative estimate of drug-likeness (QED) is 0.853. The number of pyridine rings is 1. The maximum absolute atomic E-state index is 12.5. The molecule has 2 heterocycles. The van der Waals surface area contributed by atoms with Crippen molar-refractivity contribution in [2.45, 2.75) is 32.1 Å². The molecular weight excluding hydrogens is 339 g/mol. The largest absolute Gasteiger partial charge is 0.416 e. The van der Waals surface area contributed by atoms with Crippen molar-refractivity contribution >= 4 is 5.91 Å². The predicted molar refractivity (Wildman–Crippen MR) is 85.2 cm³/mol. The molecule has 0 bridgehead atoms. The zero-order valence-electron chi connectivity index (χ0n) is 14.2. The van der Waals surface area contributed by atoms with Gasteiger partial charge in [0.05, 0.1) is 18.8 Å². The van der Waals surface area contributed by atoms with E-state index in [2.05, 4.69) is 10.2 Å². The number of hydrogen-bond acceptors (Lipinski definition) is 4. The van der Waals surface area contributed by atoms with E-state index in [0.717, 1.165) is 29.9 Å². The normalized spacial score (nSPS) is 16.7. The smallest absolute Gasteiger partial charge is 0.379 e. The van der Waals surface area contributed by atoms with Crippen LogP contribution in [-0.4, -0.2) is 53.8 Å². The van der Waals surface area contributed by atoms with E-state index in [-0.39, 0.29) is 12.1 Å². The number of ether oxygens (including phenoxy) is 1. The highest BCUT2D eigenvalue weighted by Gasteiger charge is 2.31. The minimum atomic E-state index is -4.58. The molecule has 1 aromatic heterocycles.